The summed E-state index contributed by atoms with van der Waals surface area (Å²) in [4.78, 5) is 2.27. The number of fused-ring (bicyclic) bond motifs is 1. The second-order valence-corrected chi connectivity index (χ2v) is 7.32. The van der Waals surface area contributed by atoms with E-state index in [9.17, 15) is 4.39 Å². The molecule has 1 aromatic carbocycles. The van der Waals surface area contributed by atoms with Gasteiger partial charge in [0.15, 0.2) is 0 Å². The van der Waals surface area contributed by atoms with Gasteiger partial charge in [0.1, 0.15) is 5.82 Å². The molecule has 1 aromatic rings. The molecule has 2 nitrogen and oxygen atoms in total. The van der Waals surface area contributed by atoms with Gasteiger partial charge in [0.25, 0.3) is 0 Å². The van der Waals surface area contributed by atoms with Crippen LogP contribution in [-0.2, 0) is 5.41 Å². The molecule has 2 heterocycles. The SMILES string of the molecule is CCCCC1(C[C@@H]2CCCNC2)CN(C)c2cc(F)ccc21. The molecule has 0 aliphatic carbocycles. The van der Waals surface area contributed by atoms with Gasteiger partial charge in [-0.1, -0.05) is 25.8 Å². The number of benzene rings is 1. The van der Waals surface area contributed by atoms with Crippen molar-refractivity contribution in [1.82, 2.24) is 5.32 Å². The number of nitrogens with zero attached hydrogens (tertiary/aromatic N) is 1. The van der Waals surface area contributed by atoms with Gasteiger partial charge in [0.05, 0.1) is 0 Å². The number of anilines is 1. The van der Waals surface area contributed by atoms with Gasteiger partial charge in [-0.25, -0.2) is 4.39 Å². The maximum atomic E-state index is 13.7. The second kappa shape index (κ2) is 6.57. The molecule has 2 aliphatic heterocycles. The Morgan fingerprint density at radius 2 is 2.27 bits per heavy atom. The van der Waals surface area contributed by atoms with Crippen LogP contribution in [0.2, 0.25) is 0 Å². The van der Waals surface area contributed by atoms with Crippen molar-refractivity contribution in [2.75, 3.05) is 31.6 Å². The standard InChI is InChI=1S/C19H29FN2/c1-3-4-9-19(12-15-6-5-10-21-13-15)14-22(2)18-11-16(20)7-8-17(18)19/h7-8,11,15,21H,3-6,9-10,12-14H2,1-2H3/t15-,19?/m0/s1. The highest BCUT2D eigenvalue weighted by Gasteiger charge is 2.42. The topological polar surface area (TPSA) is 15.3 Å². The summed E-state index contributed by atoms with van der Waals surface area (Å²) in [7, 11) is 2.12. The van der Waals surface area contributed by atoms with E-state index in [1.165, 1.54) is 50.6 Å². The summed E-state index contributed by atoms with van der Waals surface area (Å²) in [5, 5.41) is 3.55. The third-order valence-electron chi connectivity index (χ3n) is 5.57. The molecule has 1 N–H and O–H groups in total. The zero-order valence-corrected chi connectivity index (χ0v) is 14.0. The summed E-state index contributed by atoms with van der Waals surface area (Å²) in [6.45, 7) is 5.62. The fraction of sp³-hybridized carbons (Fsp3) is 0.684. The molecule has 3 rings (SSSR count). The van der Waals surface area contributed by atoms with Crippen molar-refractivity contribution < 1.29 is 4.39 Å². The van der Waals surface area contributed by atoms with Gasteiger partial charge in [-0.05, 0) is 62.4 Å². The van der Waals surface area contributed by atoms with Gasteiger partial charge in [-0.3, -0.25) is 0 Å². The number of hydrogen-bond donors (Lipinski definition) is 1. The highest BCUT2D eigenvalue weighted by atomic mass is 19.1. The third kappa shape index (κ3) is 3.01. The first-order valence-corrected chi connectivity index (χ1v) is 8.86. The van der Waals surface area contributed by atoms with Crippen molar-refractivity contribution >= 4 is 5.69 Å². The summed E-state index contributed by atoms with van der Waals surface area (Å²) < 4.78 is 13.7. The van der Waals surface area contributed by atoms with Crippen LogP contribution >= 0.6 is 0 Å². The van der Waals surface area contributed by atoms with E-state index in [2.05, 4.69) is 30.3 Å². The van der Waals surface area contributed by atoms with Gasteiger partial charge in [0, 0.05) is 24.7 Å². The van der Waals surface area contributed by atoms with E-state index in [0.717, 1.165) is 24.7 Å². The molecular weight excluding hydrogens is 275 g/mol. The van der Waals surface area contributed by atoms with E-state index in [-0.39, 0.29) is 11.2 Å². The molecule has 0 amide bonds. The molecule has 0 bridgehead atoms. The number of nitrogens with one attached hydrogen (secondary N) is 1. The molecule has 122 valence electrons. The Balaban J connectivity index is 1.90. The molecule has 1 unspecified atom stereocenters. The predicted octanol–water partition coefficient (Wildman–Crippen LogP) is 4.09. The number of halogens is 1. The summed E-state index contributed by atoms with van der Waals surface area (Å²) in [6, 6.07) is 5.43. The number of rotatable bonds is 5. The molecule has 1 fully saturated rings. The molecule has 2 aliphatic rings. The Labute approximate surface area is 134 Å². The predicted molar refractivity (Wildman–Crippen MR) is 91.1 cm³/mol. The van der Waals surface area contributed by atoms with Gasteiger partial charge in [-0.2, -0.15) is 0 Å². The Kier molecular flexibility index (Phi) is 4.72. The van der Waals surface area contributed by atoms with Crippen LogP contribution in [0.4, 0.5) is 10.1 Å². The van der Waals surface area contributed by atoms with Crippen molar-refractivity contribution in [3.63, 3.8) is 0 Å². The van der Waals surface area contributed by atoms with E-state index in [1.807, 2.05) is 0 Å². The quantitative estimate of drug-likeness (QED) is 0.881. The summed E-state index contributed by atoms with van der Waals surface area (Å²) in [5.74, 6) is 0.645. The Hall–Kier alpha value is -1.09. The monoisotopic (exact) mass is 304 g/mol. The molecule has 0 saturated carbocycles. The number of likely N-dealkylation sites (N-methyl/N-ethyl adjacent to an activating group) is 1. The van der Waals surface area contributed by atoms with Crippen LogP contribution in [-0.4, -0.2) is 26.7 Å². The molecule has 0 aromatic heterocycles. The molecule has 22 heavy (non-hydrogen) atoms. The lowest BCUT2D eigenvalue weighted by Gasteiger charge is -2.36. The summed E-state index contributed by atoms with van der Waals surface area (Å²) in [5.41, 5.74) is 2.72. The number of piperidine rings is 1. The Bertz CT molecular complexity index is 510. The zero-order valence-electron chi connectivity index (χ0n) is 14.0. The van der Waals surface area contributed by atoms with Gasteiger partial charge >= 0.3 is 0 Å². The lowest BCUT2D eigenvalue weighted by molar-refractivity contribution is 0.262. The lowest BCUT2D eigenvalue weighted by atomic mass is 9.70. The fourth-order valence-electron chi connectivity index (χ4n) is 4.55. The number of unbranched alkanes of at least 4 members (excludes halogenated alkanes) is 1. The van der Waals surface area contributed by atoms with E-state index in [1.54, 1.807) is 12.1 Å². The molecule has 0 spiro atoms. The molecule has 2 atom stereocenters. The van der Waals surface area contributed by atoms with E-state index in [4.69, 9.17) is 0 Å². The first-order chi connectivity index (χ1) is 10.6. The van der Waals surface area contributed by atoms with Crippen LogP contribution in [0.15, 0.2) is 18.2 Å². The average molecular weight is 304 g/mol. The van der Waals surface area contributed by atoms with Crippen LogP contribution in [0.3, 0.4) is 0 Å². The van der Waals surface area contributed by atoms with E-state index < -0.39 is 0 Å². The fourth-order valence-corrected chi connectivity index (χ4v) is 4.55. The molecule has 3 heteroatoms. The van der Waals surface area contributed by atoms with Gasteiger partial charge < -0.3 is 10.2 Å². The van der Waals surface area contributed by atoms with Crippen LogP contribution in [0, 0.1) is 11.7 Å². The maximum Gasteiger partial charge on any atom is 0.125 e. The lowest BCUT2D eigenvalue weighted by Crippen LogP contribution is -2.39. The normalized spacial score (nSPS) is 28.0. The minimum absolute atomic E-state index is 0.115. The van der Waals surface area contributed by atoms with Crippen molar-refractivity contribution in [3.05, 3.63) is 29.6 Å². The van der Waals surface area contributed by atoms with Crippen molar-refractivity contribution in [3.8, 4) is 0 Å². The van der Waals surface area contributed by atoms with Crippen LogP contribution in [0.5, 0.6) is 0 Å². The first kappa shape index (κ1) is 15.8. The average Bonchev–Trinajstić information content (AvgIpc) is 2.78. The van der Waals surface area contributed by atoms with Gasteiger partial charge in [0.2, 0.25) is 0 Å². The third-order valence-corrected chi connectivity index (χ3v) is 5.57. The summed E-state index contributed by atoms with van der Waals surface area (Å²) in [6.07, 6.45) is 7.57. The van der Waals surface area contributed by atoms with Crippen LogP contribution < -0.4 is 10.2 Å². The summed E-state index contributed by atoms with van der Waals surface area (Å²) >= 11 is 0. The minimum atomic E-state index is -0.115. The molecular formula is C19H29FN2. The number of hydrogen-bond acceptors (Lipinski definition) is 2. The van der Waals surface area contributed by atoms with Crippen molar-refractivity contribution in [1.29, 1.82) is 0 Å². The minimum Gasteiger partial charge on any atom is -0.373 e. The van der Waals surface area contributed by atoms with Crippen molar-refractivity contribution in [2.45, 2.75) is 50.9 Å². The Morgan fingerprint density at radius 3 is 3.00 bits per heavy atom. The molecule has 0 radical (unpaired) electrons. The zero-order chi connectivity index (χ0) is 15.6. The second-order valence-electron chi connectivity index (χ2n) is 7.32. The van der Waals surface area contributed by atoms with E-state index >= 15 is 0 Å². The highest BCUT2D eigenvalue weighted by Crippen LogP contribution is 2.47. The smallest absolute Gasteiger partial charge is 0.125 e. The first-order valence-electron chi connectivity index (χ1n) is 8.86. The van der Waals surface area contributed by atoms with E-state index in [0.29, 0.717) is 0 Å². The molecule has 1 saturated heterocycles. The maximum absolute atomic E-state index is 13.7. The highest BCUT2D eigenvalue weighted by molar-refractivity contribution is 5.62. The van der Waals surface area contributed by atoms with Crippen LogP contribution in [0.25, 0.3) is 0 Å². The van der Waals surface area contributed by atoms with Gasteiger partial charge in [-0.15, -0.1) is 0 Å². The van der Waals surface area contributed by atoms with Crippen LogP contribution in [0.1, 0.15) is 51.0 Å². The Morgan fingerprint density at radius 1 is 1.41 bits per heavy atom. The van der Waals surface area contributed by atoms with Crippen molar-refractivity contribution in [2.24, 2.45) is 5.92 Å². The largest absolute Gasteiger partial charge is 0.373 e.